The second-order valence-corrected chi connectivity index (χ2v) is 6.32. The Hall–Kier alpha value is -3.03. The Morgan fingerprint density at radius 2 is 2.15 bits per heavy atom. The molecule has 1 aromatic carbocycles. The molecular formula is C18H17FN4O3. The number of halogens is 1. The van der Waals surface area contributed by atoms with Gasteiger partial charge in [-0.05, 0) is 31.9 Å². The Kier molecular flexibility index (Phi) is 4.24. The van der Waals surface area contributed by atoms with Crippen molar-refractivity contribution in [3.63, 3.8) is 0 Å². The number of carbonyl (C=O) groups is 1. The van der Waals surface area contributed by atoms with Gasteiger partial charge in [0.1, 0.15) is 17.1 Å². The van der Waals surface area contributed by atoms with E-state index in [1.54, 1.807) is 30.0 Å². The highest BCUT2D eigenvalue weighted by atomic mass is 19.1. The zero-order chi connectivity index (χ0) is 18.1. The van der Waals surface area contributed by atoms with Gasteiger partial charge >= 0.3 is 0 Å². The molecule has 1 aliphatic heterocycles. The van der Waals surface area contributed by atoms with Crippen molar-refractivity contribution in [3.8, 4) is 11.4 Å². The molecule has 0 radical (unpaired) electrons. The van der Waals surface area contributed by atoms with Crippen LogP contribution in [0.15, 0.2) is 39.5 Å². The second kappa shape index (κ2) is 6.70. The van der Waals surface area contributed by atoms with Crippen molar-refractivity contribution < 1.29 is 18.2 Å². The minimum Gasteiger partial charge on any atom is -0.361 e. The smallest absolute Gasteiger partial charge is 0.259 e. The molecule has 2 aromatic heterocycles. The standard InChI is InChI=1S/C18H17FN4O3/c1-11-14(9-20-25-11)18(24)23-8-4-5-12(10-23)17-21-16(22-26-17)13-6-2-3-7-15(13)19/h2-3,6-7,9,12H,4-5,8,10H2,1H3. The fourth-order valence-electron chi connectivity index (χ4n) is 3.19. The van der Waals surface area contributed by atoms with Crippen LogP contribution >= 0.6 is 0 Å². The SMILES string of the molecule is Cc1oncc1C(=O)N1CCCC(c2nc(-c3ccccc3F)no2)C1. The molecule has 1 saturated heterocycles. The van der Waals surface area contributed by atoms with Gasteiger partial charge in [0.05, 0.1) is 17.7 Å². The van der Waals surface area contributed by atoms with E-state index in [-0.39, 0.29) is 17.6 Å². The van der Waals surface area contributed by atoms with Gasteiger partial charge in [-0.3, -0.25) is 4.79 Å². The largest absolute Gasteiger partial charge is 0.361 e. The van der Waals surface area contributed by atoms with E-state index in [0.29, 0.717) is 35.9 Å². The third-order valence-corrected chi connectivity index (χ3v) is 4.60. The third-order valence-electron chi connectivity index (χ3n) is 4.60. The van der Waals surface area contributed by atoms with Crippen LogP contribution in [0.4, 0.5) is 4.39 Å². The number of amides is 1. The zero-order valence-electron chi connectivity index (χ0n) is 14.2. The molecule has 1 aliphatic rings. The van der Waals surface area contributed by atoms with Crippen molar-refractivity contribution in [2.75, 3.05) is 13.1 Å². The van der Waals surface area contributed by atoms with Gasteiger partial charge in [0.15, 0.2) is 0 Å². The third kappa shape index (κ3) is 2.98. The summed E-state index contributed by atoms with van der Waals surface area (Å²) in [6.07, 6.45) is 3.08. The van der Waals surface area contributed by atoms with E-state index in [0.717, 1.165) is 12.8 Å². The quantitative estimate of drug-likeness (QED) is 0.716. The van der Waals surface area contributed by atoms with E-state index in [4.69, 9.17) is 9.05 Å². The van der Waals surface area contributed by atoms with Crippen molar-refractivity contribution >= 4 is 5.91 Å². The predicted octanol–water partition coefficient (Wildman–Crippen LogP) is 3.19. The number of likely N-dealkylation sites (tertiary alicyclic amines) is 1. The van der Waals surface area contributed by atoms with E-state index >= 15 is 0 Å². The molecule has 3 heterocycles. The molecule has 3 aromatic rings. The average Bonchev–Trinajstić information content (AvgIpc) is 3.31. The van der Waals surface area contributed by atoms with Crippen LogP contribution in [0.2, 0.25) is 0 Å². The number of hydrogen-bond acceptors (Lipinski definition) is 6. The van der Waals surface area contributed by atoms with Crippen LogP contribution < -0.4 is 0 Å². The fourth-order valence-corrected chi connectivity index (χ4v) is 3.19. The highest BCUT2D eigenvalue weighted by Crippen LogP contribution is 2.29. The number of hydrogen-bond donors (Lipinski definition) is 0. The molecule has 7 nitrogen and oxygen atoms in total. The van der Waals surface area contributed by atoms with Gasteiger partial charge in [0.25, 0.3) is 5.91 Å². The lowest BCUT2D eigenvalue weighted by Crippen LogP contribution is -2.39. The lowest BCUT2D eigenvalue weighted by atomic mass is 9.97. The normalized spacial score (nSPS) is 17.5. The van der Waals surface area contributed by atoms with Gasteiger partial charge in [0, 0.05) is 13.1 Å². The maximum atomic E-state index is 13.9. The molecule has 26 heavy (non-hydrogen) atoms. The van der Waals surface area contributed by atoms with Gasteiger partial charge in [-0.1, -0.05) is 22.4 Å². The van der Waals surface area contributed by atoms with Gasteiger partial charge in [-0.2, -0.15) is 4.98 Å². The highest BCUT2D eigenvalue weighted by Gasteiger charge is 2.30. The summed E-state index contributed by atoms with van der Waals surface area (Å²) in [5.74, 6) is 0.530. The van der Waals surface area contributed by atoms with Gasteiger partial charge in [-0.15, -0.1) is 0 Å². The minimum absolute atomic E-state index is 0.0825. The molecule has 1 fully saturated rings. The first-order valence-corrected chi connectivity index (χ1v) is 8.42. The van der Waals surface area contributed by atoms with E-state index in [1.165, 1.54) is 12.3 Å². The second-order valence-electron chi connectivity index (χ2n) is 6.32. The van der Waals surface area contributed by atoms with Gasteiger partial charge < -0.3 is 13.9 Å². The highest BCUT2D eigenvalue weighted by molar-refractivity contribution is 5.94. The monoisotopic (exact) mass is 356 g/mol. The van der Waals surface area contributed by atoms with Crippen LogP contribution in [-0.4, -0.2) is 39.2 Å². The fraction of sp³-hybridized carbons (Fsp3) is 0.333. The van der Waals surface area contributed by atoms with Crippen LogP contribution in [0.1, 0.15) is 40.8 Å². The molecule has 8 heteroatoms. The number of nitrogens with zero attached hydrogens (tertiary/aromatic N) is 4. The average molecular weight is 356 g/mol. The first kappa shape index (κ1) is 16.4. The van der Waals surface area contributed by atoms with Gasteiger partial charge in [0.2, 0.25) is 11.7 Å². The summed E-state index contributed by atoms with van der Waals surface area (Å²) in [5.41, 5.74) is 0.759. The van der Waals surface area contributed by atoms with E-state index in [9.17, 15) is 9.18 Å². The minimum atomic E-state index is -0.400. The van der Waals surface area contributed by atoms with Crippen molar-refractivity contribution in [1.82, 2.24) is 20.2 Å². The number of aromatic nitrogens is 3. The lowest BCUT2D eigenvalue weighted by Gasteiger charge is -2.30. The Balaban J connectivity index is 1.53. The Labute approximate surface area is 148 Å². The molecule has 134 valence electrons. The summed E-state index contributed by atoms with van der Waals surface area (Å²) in [4.78, 5) is 18.7. The lowest BCUT2D eigenvalue weighted by molar-refractivity contribution is 0.0694. The summed E-state index contributed by atoms with van der Waals surface area (Å²) in [6, 6.07) is 6.29. The number of carbonyl (C=O) groups excluding carboxylic acids is 1. The predicted molar refractivity (Wildman–Crippen MR) is 88.8 cm³/mol. The summed E-state index contributed by atoms with van der Waals surface area (Å²) >= 11 is 0. The Morgan fingerprint density at radius 1 is 1.31 bits per heavy atom. The number of benzene rings is 1. The molecule has 0 bridgehead atoms. The molecule has 0 N–H and O–H groups in total. The molecule has 1 unspecified atom stereocenters. The van der Waals surface area contributed by atoms with Crippen LogP contribution in [0, 0.1) is 12.7 Å². The van der Waals surface area contributed by atoms with Crippen LogP contribution in [0.3, 0.4) is 0 Å². The topological polar surface area (TPSA) is 85.3 Å². The van der Waals surface area contributed by atoms with Crippen molar-refractivity contribution in [2.24, 2.45) is 0 Å². The maximum Gasteiger partial charge on any atom is 0.259 e. The molecular weight excluding hydrogens is 339 g/mol. The molecule has 4 rings (SSSR count). The Bertz CT molecular complexity index is 936. The van der Waals surface area contributed by atoms with Crippen molar-refractivity contribution in [1.29, 1.82) is 0 Å². The summed E-state index contributed by atoms with van der Waals surface area (Å²) < 4.78 is 24.2. The molecule has 0 aliphatic carbocycles. The van der Waals surface area contributed by atoms with E-state index in [2.05, 4.69) is 15.3 Å². The summed E-state index contributed by atoms with van der Waals surface area (Å²) in [7, 11) is 0. The molecule has 1 atom stereocenters. The summed E-state index contributed by atoms with van der Waals surface area (Å²) in [5, 5.41) is 7.56. The number of piperidine rings is 1. The summed E-state index contributed by atoms with van der Waals surface area (Å²) in [6.45, 7) is 2.82. The first-order chi connectivity index (χ1) is 12.6. The van der Waals surface area contributed by atoms with E-state index < -0.39 is 5.82 Å². The van der Waals surface area contributed by atoms with Crippen molar-refractivity contribution in [2.45, 2.75) is 25.7 Å². The molecule has 1 amide bonds. The number of rotatable bonds is 3. The van der Waals surface area contributed by atoms with Crippen LogP contribution in [0.25, 0.3) is 11.4 Å². The van der Waals surface area contributed by atoms with Crippen molar-refractivity contribution in [3.05, 3.63) is 53.5 Å². The maximum absolute atomic E-state index is 13.9. The number of aryl methyl sites for hydroxylation is 1. The molecule has 0 saturated carbocycles. The van der Waals surface area contributed by atoms with Crippen LogP contribution in [0.5, 0.6) is 0 Å². The zero-order valence-corrected chi connectivity index (χ0v) is 14.2. The van der Waals surface area contributed by atoms with Gasteiger partial charge in [-0.25, -0.2) is 4.39 Å². The molecule has 0 spiro atoms. The van der Waals surface area contributed by atoms with E-state index in [1.807, 2.05) is 0 Å². The van der Waals surface area contributed by atoms with Crippen LogP contribution in [-0.2, 0) is 0 Å². The Morgan fingerprint density at radius 3 is 2.92 bits per heavy atom. The first-order valence-electron chi connectivity index (χ1n) is 8.42.